The zero-order chi connectivity index (χ0) is 19.8. The van der Waals surface area contributed by atoms with Gasteiger partial charge in [-0.15, -0.1) is 4.40 Å². The van der Waals surface area contributed by atoms with Gasteiger partial charge in [0.25, 0.3) is 0 Å². The second-order valence-electron chi connectivity index (χ2n) is 7.95. The van der Waals surface area contributed by atoms with Crippen LogP contribution in [0.2, 0.25) is 5.15 Å². The van der Waals surface area contributed by atoms with Crippen molar-refractivity contribution in [1.82, 2.24) is 19.5 Å². The number of hydrogen-bond acceptors (Lipinski definition) is 4. The first-order chi connectivity index (χ1) is 12.7. The largest absolute Gasteiger partial charge is 0.361 e. The highest BCUT2D eigenvalue weighted by molar-refractivity contribution is 7.90. The predicted octanol–water partition coefficient (Wildman–Crippen LogP) is 3.59. The molecule has 0 spiro atoms. The maximum atomic E-state index is 12.9. The van der Waals surface area contributed by atoms with E-state index in [1.165, 1.54) is 10.9 Å². The molecule has 1 saturated carbocycles. The van der Waals surface area contributed by atoms with E-state index >= 15 is 0 Å². The molecule has 1 aliphatic carbocycles. The summed E-state index contributed by atoms with van der Waals surface area (Å²) < 4.78 is 31.0. The van der Waals surface area contributed by atoms with Crippen molar-refractivity contribution in [1.29, 1.82) is 0 Å². The summed E-state index contributed by atoms with van der Waals surface area (Å²) in [6.07, 6.45) is 3.54. The van der Waals surface area contributed by atoms with Crippen molar-refractivity contribution in [2.45, 2.75) is 51.5 Å². The van der Waals surface area contributed by atoms with Crippen molar-refractivity contribution in [3.05, 3.63) is 23.0 Å². The van der Waals surface area contributed by atoms with Crippen LogP contribution in [0.15, 0.2) is 21.6 Å². The van der Waals surface area contributed by atoms with Crippen LogP contribution in [0.5, 0.6) is 0 Å². The average molecular weight is 412 g/mol. The van der Waals surface area contributed by atoms with E-state index in [-0.39, 0.29) is 10.2 Å². The van der Waals surface area contributed by atoms with Crippen molar-refractivity contribution in [2.75, 3.05) is 13.1 Å². The summed E-state index contributed by atoms with van der Waals surface area (Å²) in [4.78, 5) is 6.05. The van der Waals surface area contributed by atoms with Crippen LogP contribution in [-0.2, 0) is 10.0 Å². The predicted molar refractivity (Wildman–Crippen MR) is 107 cm³/mol. The molecule has 0 saturated heterocycles. The quantitative estimate of drug-likeness (QED) is 0.489. The SMILES string of the molecule is CC(C)CN(/C=N/S(=O)(=O)c1c(Cl)nc2ccc(C3CC3)nn12)CC(C)C. The van der Waals surface area contributed by atoms with Crippen LogP contribution in [0.1, 0.15) is 52.1 Å². The monoisotopic (exact) mass is 411 g/mol. The van der Waals surface area contributed by atoms with Crippen molar-refractivity contribution >= 4 is 33.6 Å². The van der Waals surface area contributed by atoms with Crippen molar-refractivity contribution in [2.24, 2.45) is 16.2 Å². The molecular formula is C18H26ClN5O2S. The topological polar surface area (TPSA) is 79.9 Å². The maximum Gasteiger partial charge on any atom is 0.304 e. The van der Waals surface area contributed by atoms with Gasteiger partial charge in [0.05, 0.1) is 5.69 Å². The van der Waals surface area contributed by atoms with Gasteiger partial charge in [-0.1, -0.05) is 39.3 Å². The minimum Gasteiger partial charge on any atom is -0.361 e. The Morgan fingerprint density at radius 1 is 1.26 bits per heavy atom. The second kappa shape index (κ2) is 7.75. The summed E-state index contributed by atoms with van der Waals surface area (Å²) in [5, 5.41) is 4.17. The first kappa shape index (κ1) is 20.1. The highest BCUT2D eigenvalue weighted by atomic mass is 35.5. The van der Waals surface area contributed by atoms with Gasteiger partial charge in [0.15, 0.2) is 10.8 Å². The molecule has 0 N–H and O–H groups in total. The molecule has 7 nitrogen and oxygen atoms in total. The van der Waals surface area contributed by atoms with E-state index in [0.29, 0.717) is 23.4 Å². The lowest BCUT2D eigenvalue weighted by Gasteiger charge is -2.23. The van der Waals surface area contributed by atoms with Crippen LogP contribution in [0, 0.1) is 11.8 Å². The molecule has 0 radical (unpaired) electrons. The molecule has 0 aliphatic heterocycles. The van der Waals surface area contributed by atoms with Crippen molar-refractivity contribution < 1.29 is 8.42 Å². The van der Waals surface area contributed by atoms with Gasteiger partial charge in [0, 0.05) is 19.0 Å². The maximum absolute atomic E-state index is 12.9. The van der Waals surface area contributed by atoms with Crippen LogP contribution in [0.25, 0.3) is 5.65 Å². The van der Waals surface area contributed by atoms with E-state index in [1.807, 2.05) is 11.0 Å². The minimum absolute atomic E-state index is 0.105. The summed E-state index contributed by atoms with van der Waals surface area (Å²) in [7, 11) is -4.03. The average Bonchev–Trinajstić information content (AvgIpc) is 3.33. The number of halogens is 1. The van der Waals surface area contributed by atoms with E-state index in [4.69, 9.17) is 11.6 Å². The normalized spacial score (nSPS) is 15.5. The molecule has 0 aromatic carbocycles. The Balaban J connectivity index is 1.95. The lowest BCUT2D eigenvalue weighted by atomic mass is 10.1. The van der Waals surface area contributed by atoms with Gasteiger partial charge in [0.2, 0.25) is 5.03 Å². The van der Waals surface area contributed by atoms with E-state index < -0.39 is 10.0 Å². The fourth-order valence-electron chi connectivity index (χ4n) is 3.00. The Bertz CT molecular complexity index is 938. The van der Waals surface area contributed by atoms with Crippen LogP contribution < -0.4 is 0 Å². The Kier molecular flexibility index (Phi) is 5.76. The van der Waals surface area contributed by atoms with E-state index in [1.54, 1.807) is 6.07 Å². The van der Waals surface area contributed by atoms with Gasteiger partial charge < -0.3 is 4.90 Å². The van der Waals surface area contributed by atoms with Gasteiger partial charge >= 0.3 is 10.0 Å². The molecule has 27 heavy (non-hydrogen) atoms. The van der Waals surface area contributed by atoms with Crippen LogP contribution in [0.3, 0.4) is 0 Å². The highest BCUT2D eigenvalue weighted by Gasteiger charge is 2.29. The van der Waals surface area contributed by atoms with Crippen LogP contribution in [-0.4, -0.2) is 47.3 Å². The molecule has 2 heterocycles. The molecule has 1 fully saturated rings. The Morgan fingerprint density at radius 3 is 2.44 bits per heavy atom. The molecule has 2 aromatic heterocycles. The first-order valence-electron chi connectivity index (χ1n) is 9.27. The molecule has 0 atom stereocenters. The van der Waals surface area contributed by atoms with Crippen LogP contribution >= 0.6 is 11.6 Å². The number of rotatable bonds is 8. The van der Waals surface area contributed by atoms with E-state index in [2.05, 4.69) is 42.2 Å². The summed E-state index contributed by atoms with van der Waals surface area (Å²) in [6.45, 7) is 9.78. The van der Waals surface area contributed by atoms with Gasteiger partial charge in [-0.25, -0.2) is 4.98 Å². The highest BCUT2D eigenvalue weighted by Crippen LogP contribution is 2.39. The number of hydrogen-bond donors (Lipinski definition) is 0. The lowest BCUT2D eigenvalue weighted by molar-refractivity contribution is 0.336. The fourth-order valence-corrected chi connectivity index (χ4v) is 4.43. The molecule has 0 bridgehead atoms. The van der Waals surface area contributed by atoms with Gasteiger partial charge in [-0.05, 0) is 36.8 Å². The van der Waals surface area contributed by atoms with E-state index in [9.17, 15) is 8.42 Å². The summed E-state index contributed by atoms with van der Waals surface area (Å²) in [5.74, 6) is 1.17. The zero-order valence-corrected chi connectivity index (χ0v) is 17.7. The second-order valence-corrected chi connectivity index (χ2v) is 9.85. The molecule has 3 rings (SSSR count). The smallest absolute Gasteiger partial charge is 0.304 e. The molecule has 2 aromatic rings. The van der Waals surface area contributed by atoms with Gasteiger partial charge in [-0.2, -0.15) is 18.0 Å². The fraction of sp³-hybridized carbons (Fsp3) is 0.611. The number of aromatic nitrogens is 3. The lowest BCUT2D eigenvalue weighted by Crippen LogP contribution is -2.30. The van der Waals surface area contributed by atoms with Crippen molar-refractivity contribution in [3.63, 3.8) is 0 Å². The number of sulfonamides is 1. The molecular weight excluding hydrogens is 386 g/mol. The third-order valence-electron chi connectivity index (χ3n) is 4.21. The molecule has 1 aliphatic rings. The standard InChI is InChI=1S/C18H26ClN5O2S/c1-12(2)9-23(10-13(3)4)11-20-27(25,26)18-17(19)21-16-8-7-15(14-5-6-14)22-24(16)18/h7-8,11-14H,5-6,9-10H2,1-4H3/b20-11+. The van der Waals surface area contributed by atoms with Crippen LogP contribution in [0.4, 0.5) is 0 Å². The van der Waals surface area contributed by atoms with Gasteiger partial charge in [0.1, 0.15) is 6.34 Å². The summed E-state index contributed by atoms with van der Waals surface area (Å²) >= 11 is 6.15. The molecule has 0 amide bonds. The zero-order valence-electron chi connectivity index (χ0n) is 16.1. The Morgan fingerprint density at radius 2 is 1.89 bits per heavy atom. The number of nitrogens with zero attached hydrogens (tertiary/aromatic N) is 5. The molecule has 148 valence electrons. The van der Waals surface area contributed by atoms with E-state index in [0.717, 1.165) is 31.6 Å². The summed E-state index contributed by atoms with van der Waals surface area (Å²) in [6, 6.07) is 3.63. The molecule has 9 heteroatoms. The third-order valence-corrected chi connectivity index (χ3v) is 5.81. The summed E-state index contributed by atoms with van der Waals surface area (Å²) in [5.41, 5.74) is 1.26. The molecule has 0 unspecified atom stereocenters. The minimum atomic E-state index is -4.03. The third kappa shape index (κ3) is 4.79. The Labute approximate surface area is 165 Å². The number of imidazole rings is 1. The first-order valence-corrected chi connectivity index (χ1v) is 11.1. The Hall–Kier alpha value is -1.67. The number of fused-ring (bicyclic) bond motifs is 1. The van der Waals surface area contributed by atoms with Crippen molar-refractivity contribution in [3.8, 4) is 0 Å². The van der Waals surface area contributed by atoms with Gasteiger partial charge in [-0.3, -0.25) is 0 Å².